The van der Waals surface area contributed by atoms with E-state index in [9.17, 15) is 5.11 Å². The number of benzene rings is 2. The molecule has 0 spiro atoms. The summed E-state index contributed by atoms with van der Waals surface area (Å²) in [5.74, 6) is 1.62. The number of hydrogen-bond donors (Lipinski definition) is 1. The molecule has 2 aromatic carbocycles. The normalized spacial score (nSPS) is 18.2. The van der Waals surface area contributed by atoms with Gasteiger partial charge in [0.2, 0.25) is 0 Å². The molecule has 156 valence electrons. The first-order valence-corrected chi connectivity index (χ1v) is 10.2. The number of methoxy groups -OCH3 is 2. The number of aliphatic hydroxyl groups excluding tert-OH is 1. The van der Waals surface area contributed by atoms with E-state index >= 15 is 0 Å². The van der Waals surface area contributed by atoms with E-state index in [4.69, 9.17) is 9.47 Å². The van der Waals surface area contributed by atoms with E-state index < -0.39 is 0 Å². The first-order valence-electron chi connectivity index (χ1n) is 10.2. The third-order valence-electron chi connectivity index (χ3n) is 5.42. The van der Waals surface area contributed by atoms with Crippen LogP contribution in [-0.4, -0.2) is 68.0 Å². The smallest absolute Gasteiger partial charge is 0.122 e. The highest BCUT2D eigenvalue weighted by molar-refractivity contribution is 5.48. The molecule has 29 heavy (non-hydrogen) atoms. The molecular weight excluding hydrogens is 364 g/mol. The number of aliphatic hydroxyl groups is 1. The van der Waals surface area contributed by atoms with Crippen LogP contribution in [0, 0.1) is 0 Å². The Morgan fingerprint density at radius 1 is 1.03 bits per heavy atom. The zero-order valence-corrected chi connectivity index (χ0v) is 17.5. The van der Waals surface area contributed by atoms with Crippen LogP contribution in [0.5, 0.6) is 11.5 Å². The van der Waals surface area contributed by atoms with Gasteiger partial charge in [0.1, 0.15) is 11.5 Å². The Morgan fingerprint density at radius 2 is 1.76 bits per heavy atom. The Kier molecular flexibility index (Phi) is 8.11. The van der Waals surface area contributed by atoms with Crippen molar-refractivity contribution in [3.63, 3.8) is 0 Å². The van der Waals surface area contributed by atoms with Gasteiger partial charge in [0, 0.05) is 51.4 Å². The fourth-order valence-electron chi connectivity index (χ4n) is 3.85. The number of piperazine rings is 1. The second-order valence-corrected chi connectivity index (χ2v) is 7.43. The van der Waals surface area contributed by atoms with Crippen molar-refractivity contribution in [2.45, 2.75) is 19.0 Å². The fourth-order valence-corrected chi connectivity index (χ4v) is 3.85. The van der Waals surface area contributed by atoms with Gasteiger partial charge in [-0.2, -0.15) is 0 Å². The summed E-state index contributed by atoms with van der Waals surface area (Å²) in [6.45, 7) is 4.91. The third kappa shape index (κ3) is 6.32. The van der Waals surface area contributed by atoms with Gasteiger partial charge < -0.3 is 14.6 Å². The standard InChI is InChI=1S/C24H32N2O3/c1-28-23-15-21(16-24(17-23)29-2)18-26-13-12-25(19-22(26)10-14-27)11-6-9-20-7-4-3-5-8-20/h3-9,15-17,22,27H,10-14,18-19H2,1-2H3/b9-6+/t22-/m1/s1. The lowest BCUT2D eigenvalue weighted by molar-refractivity contribution is 0.0596. The molecule has 5 nitrogen and oxygen atoms in total. The summed E-state index contributed by atoms with van der Waals surface area (Å²) in [4.78, 5) is 4.92. The molecular formula is C24H32N2O3. The van der Waals surface area contributed by atoms with Gasteiger partial charge in [-0.3, -0.25) is 9.80 Å². The van der Waals surface area contributed by atoms with Gasteiger partial charge in [-0.15, -0.1) is 0 Å². The van der Waals surface area contributed by atoms with Crippen molar-refractivity contribution < 1.29 is 14.6 Å². The lowest BCUT2D eigenvalue weighted by Gasteiger charge is -2.41. The first-order chi connectivity index (χ1) is 14.2. The Labute approximate surface area is 174 Å². The summed E-state index contributed by atoms with van der Waals surface area (Å²) in [6, 6.07) is 16.7. The van der Waals surface area contributed by atoms with Gasteiger partial charge in [0.15, 0.2) is 0 Å². The summed E-state index contributed by atoms with van der Waals surface area (Å²) in [7, 11) is 3.35. The summed E-state index contributed by atoms with van der Waals surface area (Å²) < 4.78 is 10.8. The molecule has 1 aliphatic rings. The van der Waals surface area contributed by atoms with E-state index in [0.717, 1.165) is 50.6 Å². The van der Waals surface area contributed by atoms with Crippen molar-refractivity contribution in [3.8, 4) is 11.5 Å². The van der Waals surface area contributed by atoms with Crippen LogP contribution in [0.4, 0.5) is 0 Å². The maximum Gasteiger partial charge on any atom is 0.122 e. The van der Waals surface area contributed by atoms with Crippen LogP contribution in [0.25, 0.3) is 6.08 Å². The average molecular weight is 397 g/mol. The third-order valence-corrected chi connectivity index (χ3v) is 5.42. The zero-order chi connectivity index (χ0) is 20.5. The molecule has 1 saturated heterocycles. The second kappa shape index (κ2) is 11.0. The van der Waals surface area contributed by atoms with Crippen molar-refractivity contribution in [2.75, 3.05) is 47.0 Å². The van der Waals surface area contributed by atoms with Gasteiger partial charge in [0.05, 0.1) is 14.2 Å². The number of ether oxygens (including phenoxy) is 2. The largest absolute Gasteiger partial charge is 0.497 e. The Bertz CT molecular complexity index is 757. The molecule has 0 saturated carbocycles. The molecule has 1 atom stereocenters. The topological polar surface area (TPSA) is 45.2 Å². The highest BCUT2D eigenvalue weighted by Gasteiger charge is 2.26. The molecule has 0 unspecified atom stereocenters. The zero-order valence-electron chi connectivity index (χ0n) is 17.5. The molecule has 0 amide bonds. The summed E-state index contributed by atoms with van der Waals surface area (Å²) in [6.07, 6.45) is 5.18. The lowest BCUT2D eigenvalue weighted by Crippen LogP contribution is -2.52. The van der Waals surface area contributed by atoms with Crippen LogP contribution < -0.4 is 9.47 Å². The van der Waals surface area contributed by atoms with Gasteiger partial charge in [-0.25, -0.2) is 0 Å². The van der Waals surface area contributed by atoms with E-state index in [2.05, 4.69) is 58.4 Å². The minimum atomic E-state index is 0.205. The number of nitrogens with zero attached hydrogens (tertiary/aromatic N) is 2. The highest BCUT2D eigenvalue weighted by atomic mass is 16.5. The summed E-state index contributed by atoms with van der Waals surface area (Å²) in [5, 5.41) is 9.58. The Balaban J connectivity index is 1.61. The molecule has 1 heterocycles. The van der Waals surface area contributed by atoms with Crippen LogP contribution in [0.3, 0.4) is 0 Å². The van der Waals surface area contributed by atoms with Crippen molar-refractivity contribution >= 4 is 6.08 Å². The second-order valence-electron chi connectivity index (χ2n) is 7.43. The van der Waals surface area contributed by atoms with Crippen LogP contribution in [0.1, 0.15) is 17.5 Å². The molecule has 0 bridgehead atoms. The van der Waals surface area contributed by atoms with Gasteiger partial charge in [0.25, 0.3) is 0 Å². The Hall–Kier alpha value is -2.34. The molecule has 0 aliphatic carbocycles. The van der Waals surface area contributed by atoms with Crippen LogP contribution in [0.15, 0.2) is 54.6 Å². The minimum Gasteiger partial charge on any atom is -0.497 e. The van der Waals surface area contributed by atoms with Gasteiger partial charge >= 0.3 is 0 Å². The molecule has 1 aliphatic heterocycles. The maximum absolute atomic E-state index is 9.58. The Morgan fingerprint density at radius 3 is 2.41 bits per heavy atom. The molecule has 2 aromatic rings. The molecule has 0 aromatic heterocycles. The van der Waals surface area contributed by atoms with Crippen LogP contribution in [-0.2, 0) is 6.54 Å². The fraction of sp³-hybridized carbons (Fsp3) is 0.417. The maximum atomic E-state index is 9.58. The SMILES string of the molecule is COc1cc(CN2CCN(C/C=C/c3ccccc3)C[C@H]2CCO)cc(OC)c1. The van der Waals surface area contributed by atoms with E-state index in [1.165, 1.54) is 11.1 Å². The molecule has 0 radical (unpaired) electrons. The van der Waals surface area contributed by atoms with E-state index in [1.807, 2.05) is 12.1 Å². The number of rotatable bonds is 9. The van der Waals surface area contributed by atoms with Crippen molar-refractivity contribution in [1.82, 2.24) is 9.80 Å². The number of hydrogen-bond acceptors (Lipinski definition) is 5. The highest BCUT2D eigenvalue weighted by Crippen LogP contribution is 2.25. The van der Waals surface area contributed by atoms with Gasteiger partial charge in [-0.05, 0) is 29.7 Å². The van der Waals surface area contributed by atoms with E-state index in [-0.39, 0.29) is 6.61 Å². The minimum absolute atomic E-state index is 0.205. The average Bonchev–Trinajstić information content (AvgIpc) is 2.76. The van der Waals surface area contributed by atoms with E-state index in [0.29, 0.717) is 6.04 Å². The van der Waals surface area contributed by atoms with Crippen molar-refractivity contribution in [2.24, 2.45) is 0 Å². The summed E-state index contributed by atoms with van der Waals surface area (Å²) >= 11 is 0. The predicted molar refractivity (Wildman–Crippen MR) is 117 cm³/mol. The van der Waals surface area contributed by atoms with Crippen LogP contribution in [0.2, 0.25) is 0 Å². The van der Waals surface area contributed by atoms with Crippen LogP contribution >= 0.6 is 0 Å². The van der Waals surface area contributed by atoms with Crippen molar-refractivity contribution in [1.29, 1.82) is 0 Å². The van der Waals surface area contributed by atoms with Gasteiger partial charge in [-0.1, -0.05) is 42.5 Å². The predicted octanol–water partition coefficient (Wildman–Crippen LogP) is 3.29. The summed E-state index contributed by atoms with van der Waals surface area (Å²) in [5.41, 5.74) is 2.39. The molecule has 3 rings (SSSR count). The molecule has 1 N–H and O–H groups in total. The first kappa shape index (κ1) is 21.4. The monoisotopic (exact) mass is 396 g/mol. The molecule has 5 heteroatoms. The quantitative estimate of drug-likeness (QED) is 0.705. The molecule has 1 fully saturated rings. The van der Waals surface area contributed by atoms with Crippen molar-refractivity contribution in [3.05, 3.63) is 65.7 Å². The van der Waals surface area contributed by atoms with E-state index in [1.54, 1.807) is 14.2 Å². The lowest BCUT2D eigenvalue weighted by atomic mass is 10.1.